The Morgan fingerprint density at radius 2 is 2.00 bits per heavy atom. The van der Waals surface area contributed by atoms with Crippen LogP contribution >= 0.6 is 34.5 Å². The highest BCUT2D eigenvalue weighted by Crippen LogP contribution is 2.37. The Morgan fingerprint density at radius 3 is 2.78 bits per heavy atom. The second-order valence-electron chi connectivity index (χ2n) is 8.31. The van der Waals surface area contributed by atoms with Crippen LogP contribution in [-0.2, 0) is 16.1 Å². The van der Waals surface area contributed by atoms with E-state index in [0.717, 1.165) is 11.3 Å². The molecule has 1 aliphatic heterocycles. The molecule has 1 atom stereocenters. The summed E-state index contributed by atoms with van der Waals surface area (Å²) in [5.41, 5.74) is 1.68. The van der Waals surface area contributed by atoms with Gasteiger partial charge in [0.25, 0.3) is 11.8 Å². The van der Waals surface area contributed by atoms with Crippen molar-refractivity contribution in [1.82, 2.24) is 4.90 Å². The van der Waals surface area contributed by atoms with Gasteiger partial charge in [0, 0.05) is 39.2 Å². The number of halogens is 3. The Morgan fingerprint density at radius 1 is 1.19 bits per heavy atom. The molecule has 0 saturated carbocycles. The maximum absolute atomic E-state index is 13.8. The molecule has 5 rings (SSSR count). The third-order valence-electron chi connectivity index (χ3n) is 5.97. The lowest BCUT2D eigenvalue weighted by molar-refractivity contribution is -0.114. The number of ether oxygens (including phenoxy) is 1. The van der Waals surface area contributed by atoms with Crippen molar-refractivity contribution < 1.29 is 18.7 Å². The maximum Gasteiger partial charge on any atom is 0.274 e. The molecule has 0 spiro atoms. The maximum atomic E-state index is 13.8. The molecule has 2 heterocycles. The van der Waals surface area contributed by atoms with Crippen LogP contribution in [0.1, 0.15) is 15.2 Å². The monoisotopic (exact) mass is 540 g/mol. The summed E-state index contributed by atoms with van der Waals surface area (Å²) in [6.07, 6.45) is 7.23. The van der Waals surface area contributed by atoms with E-state index in [-0.39, 0.29) is 34.8 Å². The van der Waals surface area contributed by atoms with Crippen LogP contribution in [0.5, 0.6) is 0 Å². The first kappa shape index (κ1) is 24.4. The number of amides is 2. The van der Waals surface area contributed by atoms with Crippen LogP contribution in [0, 0.1) is 11.7 Å². The van der Waals surface area contributed by atoms with Crippen LogP contribution in [0.4, 0.5) is 4.39 Å². The molecule has 0 bridgehead atoms. The number of nitrogens with zero attached hydrogens (tertiary/aromatic N) is 2. The van der Waals surface area contributed by atoms with Crippen molar-refractivity contribution in [2.24, 2.45) is 10.9 Å². The number of thiophene rings is 1. The normalized spacial score (nSPS) is 16.8. The smallest absolute Gasteiger partial charge is 0.274 e. The summed E-state index contributed by atoms with van der Waals surface area (Å²) < 4.78 is 19.6. The van der Waals surface area contributed by atoms with E-state index in [1.54, 1.807) is 37.5 Å². The average molecular weight is 541 g/mol. The van der Waals surface area contributed by atoms with Crippen molar-refractivity contribution in [3.63, 3.8) is 0 Å². The lowest BCUT2D eigenvalue weighted by atomic mass is 9.92. The molecule has 9 heteroatoms. The zero-order chi connectivity index (χ0) is 25.4. The van der Waals surface area contributed by atoms with Gasteiger partial charge in [-0.15, -0.1) is 11.3 Å². The zero-order valence-corrected chi connectivity index (χ0v) is 21.3. The average Bonchev–Trinajstić information content (AvgIpc) is 3.19. The van der Waals surface area contributed by atoms with Gasteiger partial charge in [0.1, 0.15) is 16.5 Å². The third-order valence-corrected chi connectivity index (χ3v) is 7.99. The number of aliphatic imine (C=N–C) groups is 1. The van der Waals surface area contributed by atoms with Crippen molar-refractivity contribution in [2.75, 3.05) is 13.7 Å². The van der Waals surface area contributed by atoms with E-state index < -0.39 is 11.7 Å². The fourth-order valence-corrected chi connectivity index (χ4v) is 5.82. The number of hydrogen-bond donors (Lipinski definition) is 0. The summed E-state index contributed by atoms with van der Waals surface area (Å²) in [4.78, 5) is 32.7. The molecule has 3 aromatic rings. The van der Waals surface area contributed by atoms with Gasteiger partial charge in [-0.3, -0.25) is 9.59 Å². The molecule has 1 aliphatic carbocycles. The van der Waals surface area contributed by atoms with Crippen molar-refractivity contribution in [3.05, 3.63) is 104 Å². The standard InChI is InChI=1S/C27H19Cl2FN2O3S/c1-35-19-8-6-15-10-17(26(33)31-22(15)12-19)14-32(13-16-4-2-3-5-21(16)28)27(34)25-24(29)20-9-7-18(30)11-23(20)36-25/h2-12,15H,13-14H2,1H3. The Hall–Kier alpha value is -3.26. The highest BCUT2D eigenvalue weighted by molar-refractivity contribution is 7.21. The number of dihydropyridines is 1. The first-order valence-corrected chi connectivity index (χ1v) is 12.6. The zero-order valence-electron chi connectivity index (χ0n) is 19.0. The molecular weight excluding hydrogens is 522 g/mol. The molecule has 2 aromatic carbocycles. The Balaban J connectivity index is 1.50. The number of rotatable bonds is 6. The molecular formula is C27H19Cl2FN2O3S. The Bertz CT molecular complexity index is 1520. The topological polar surface area (TPSA) is 59.0 Å². The summed E-state index contributed by atoms with van der Waals surface area (Å²) in [6.45, 7) is 0.149. The van der Waals surface area contributed by atoms with Gasteiger partial charge >= 0.3 is 0 Å². The SMILES string of the molecule is COC1=CC2=NC(=O)C(CN(Cc3ccccc3Cl)C(=O)c3sc4cc(F)ccc4c3Cl)=CC2C=C1. The first-order valence-electron chi connectivity index (χ1n) is 11.0. The van der Waals surface area contributed by atoms with E-state index in [1.807, 2.05) is 24.3 Å². The van der Waals surface area contributed by atoms with Crippen LogP contribution in [0.3, 0.4) is 0 Å². The summed E-state index contributed by atoms with van der Waals surface area (Å²) in [5.74, 6) is -0.813. The molecule has 2 aliphatic rings. The van der Waals surface area contributed by atoms with Gasteiger partial charge in [0.05, 0.1) is 24.4 Å². The Labute approximate surface area is 220 Å². The minimum absolute atomic E-state index is 0.00376. The predicted octanol–water partition coefficient (Wildman–Crippen LogP) is 6.61. The van der Waals surface area contributed by atoms with Gasteiger partial charge in [0.2, 0.25) is 0 Å². The highest BCUT2D eigenvalue weighted by atomic mass is 35.5. The number of carbonyl (C=O) groups excluding carboxylic acids is 2. The van der Waals surface area contributed by atoms with Gasteiger partial charge in [-0.1, -0.05) is 53.6 Å². The van der Waals surface area contributed by atoms with Crippen molar-refractivity contribution in [1.29, 1.82) is 0 Å². The van der Waals surface area contributed by atoms with Gasteiger partial charge < -0.3 is 9.64 Å². The van der Waals surface area contributed by atoms with E-state index >= 15 is 0 Å². The number of methoxy groups -OCH3 is 1. The number of carbonyl (C=O) groups is 2. The summed E-state index contributed by atoms with van der Waals surface area (Å²) >= 11 is 14.1. The van der Waals surface area contributed by atoms with Gasteiger partial charge in [-0.2, -0.15) is 0 Å². The molecule has 0 fully saturated rings. The summed E-state index contributed by atoms with van der Waals surface area (Å²) in [6, 6.07) is 11.4. The van der Waals surface area contributed by atoms with Crippen LogP contribution in [0.15, 0.2) is 83.1 Å². The first-order chi connectivity index (χ1) is 17.3. The van der Waals surface area contributed by atoms with E-state index in [9.17, 15) is 14.0 Å². The Kier molecular flexibility index (Phi) is 6.79. The lowest BCUT2D eigenvalue weighted by Gasteiger charge is -2.26. The third kappa shape index (κ3) is 4.74. The molecule has 1 aromatic heterocycles. The van der Waals surface area contributed by atoms with Crippen LogP contribution < -0.4 is 0 Å². The molecule has 5 nitrogen and oxygen atoms in total. The van der Waals surface area contributed by atoms with Gasteiger partial charge in [-0.05, 0) is 35.9 Å². The molecule has 0 N–H and O–H groups in total. The molecule has 1 unspecified atom stereocenters. The number of fused-ring (bicyclic) bond motifs is 2. The summed E-state index contributed by atoms with van der Waals surface area (Å²) in [5, 5.41) is 1.34. The lowest BCUT2D eigenvalue weighted by Crippen LogP contribution is -2.35. The molecule has 182 valence electrons. The van der Waals surface area contributed by atoms with Crippen molar-refractivity contribution in [2.45, 2.75) is 6.54 Å². The van der Waals surface area contributed by atoms with Gasteiger partial charge in [0.15, 0.2) is 0 Å². The fourth-order valence-electron chi connectivity index (χ4n) is 4.12. The number of allylic oxidation sites excluding steroid dienone is 4. The summed E-state index contributed by atoms with van der Waals surface area (Å²) in [7, 11) is 1.55. The molecule has 2 amide bonds. The van der Waals surface area contributed by atoms with Crippen molar-refractivity contribution in [3.8, 4) is 0 Å². The molecule has 0 saturated heterocycles. The van der Waals surface area contributed by atoms with E-state index in [1.165, 1.54) is 17.0 Å². The highest BCUT2D eigenvalue weighted by Gasteiger charge is 2.29. The van der Waals surface area contributed by atoms with Gasteiger partial charge in [-0.25, -0.2) is 9.38 Å². The molecule has 36 heavy (non-hydrogen) atoms. The number of benzene rings is 2. The van der Waals surface area contributed by atoms with Crippen molar-refractivity contribution >= 4 is 62.2 Å². The minimum atomic E-state index is -0.426. The second kappa shape index (κ2) is 10.0. The fraction of sp³-hybridized carbons (Fsp3) is 0.148. The van der Waals surface area contributed by atoms with Crippen LogP contribution in [0.25, 0.3) is 10.1 Å². The minimum Gasteiger partial charge on any atom is -0.497 e. The van der Waals surface area contributed by atoms with E-state index in [4.69, 9.17) is 27.9 Å². The van der Waals surface area contributed by atoms with Crippen LogP contribution in [-0.4, -0.2) is 36.1 Å². The predicted molar refractivity (Wildman–Crippen MR) is 141 cm³/mol. The number of hydrogen-bond acceptors (Lipinski definition) is 4. The second-order valence-corrected chi connectivity index (χ2v) is 10.1. The van der Waals surface area contributed by atoms with Crippen LogP contribution in [0.2, 0.25) is 10.0 Å². The quantitative estimate of drug-likeness (QED) is 0.353. The largest absolute Gasteiger partial charge is 0.497 e. The van der Waals surface area contributed by atoms with E-state index in [2.05, 4.69) is 4.99 Å². The molecule has 0 radical (unpaired) electrons. The van der Waals surface area contributed by atoms with E-state index in [0.29, 0.717) is 37.7 Å².